The van der Waals surface area contributed by atoms with Gasteiger partial charge < -0.3 is 29.0 Å². The van der Waals surface area contributed by atoms with Crippen molar-refractivity contribution in [1.82, 2.24) is 0 Å². The summed E-state index contributed by atoms with van der Waals surface area (Å²) < 4.78 is 27.8. The van der Waals surface area contributed by atoms with E-state index < -0.39 is 0 Å². The molecule has 0 unspecified atom stereocenters. The largest absolute Gasteiger partial charge is 0.496 e. The van der Waals surface area contributed by atoms with E-state index in [9.17, 15) is 4.79 Å². The standard InChI is InChI=1S/C28H28BrNO6/c1-32-24-9-7-6-8-20(24)23(31)12-13-30-22-15-18(14-21(29)27(22)35-4)10-11-19-16-25(33-2)28(36-5)26(17-19)34-3/h6-17,30H,1-5H3. The predicted molar refractivity (Wildman–Crippen MR) is 146 cm³/mol. The first-order valence-corrected chi connectivity index (χ1v) is 11.7. The molecular weight excluding hydrogens is 526 g/mol. The van der Waals surface area contributed by atoms with Gasteiger partial charge in [-0.1, -0.05) is 24.3 Å². The number of benzene rings is 3. The van der Waals surface area contributed by atoms with Crippen molar-refractivity contribution in [3.63, 3.8) is 0 Å². The van der Waals surface area contributed by atoms with Crippen LogP contribution in [0.15, 0.2) is 65.3 Å². The number of hydrogen-bond donors (Lipinski definition) is 1. The molecule has 0 fully saturated rings. The fourth-order valence-electron chi connectivity index (χ4n) is 3.56. The van der Waals surface area contributed by atoms with Gasteiger partial charge in [0.15, 0.2) is 23.0 Å². The summed E-state index contributed by atoms with van der Waals surface area (Å²) in [4.78, 5) is 12.6. The average Bonchev–Trinajstić information content (AvgIpc) is 2.90. The molecule has 0 radical (unpaired) electrons. The van der Waals surface area contributed by atoms with Crippen molar-refractivity contribution in [3.05, 3.63) is 82.0 Å². The molecule has 0 aliphatic rings. The fourth-order valence-corrected chi connectivity index (χ4v) is 4.20. The molecule has 1 N–H and O–H groups in total. The monoisotopic (exact) mass is 553 g/mol. The highest BCUT2D eigenvalue weighted by Gasteiger charge is 2.13. The van der Waals surface area contributed by atoms with Crippen molar-refractivity contribution in [2.45, 2.75) is 0 Å². The van der Waals surface area contributed by atoms with Gasteiger partial charge in [-0.3, -0.25) is 4.79 Å². The van der Waals surface area contributed by atoms with E-state index in [0.29, 0.717) is 40.0 Å². The number of hydrogen-bond acceptors (Lipinski definition) is 7. The third-order valence-electron chi connectivity index (χ3n) is 5.27. The van der Waals surface area contributed by atoms with Gasteiger partial charge in [0.1, 0.15) is 5.75 Å². The quantitative estimate of drug-likeness (QED) is 0.165. The summed E-state index contributed by atoms with van der Waals surface area (Å²) in [5.41, 5.74) is 2.92. The maximum Gasteiger partial charge on any atom is 0.203 e. The van der Waals surface area contributed by atoms with Gasteiger partial charge in [-0.05, 0) is 63.5 Å². The zero-order valence-electron chi connectivity index (χ0n) is 20.8. The molecule has 0 amide bonds. The molecule has 7 nitrogen and oxygen atoms in total. The third-order valence-corrected chi connectivity index (χ3v) is 5.86. The Hall–Kier alpha value is -3.91. The number of methoxy groups -OCH3 is 5. The van der Waals surface area contributed by atoms with Crippen molar-refractivity contribution in [2.75, 3.05) is 40.9 Å². The summed E-state index contributed by atoms with van der Waals surface area (Å²) in [6.07, 6.45) is 6.90. The number of ketones is 1. The number of ether oxygens (including phenoxy) is 5. The van der Waals surface area contributed by atoms with Crippen LogP contribution in [0.2, 0.25) is 0 Å². The van der Waals surface area contributed by atoms with Crippen LogP contribution < -0.4 is 29.0 Å². The molecule has 0 aromatic heterocycles. The second-order valence-corrected chi connectivity index (χ2v) is 8.27. The topological polar surface area (TPSA) is 75.3 Å². The second-order valence-electron chi connectivity index (χ2n) is 7.42. The van der Waals surface area contributed by atoms with Gasteiger partial charge in [-0.25, -0.2) is 0 Å². The smallest absolute Gasteiger partial charge is 0.203 e. The molecule has 0 saturated heterocycles. The summed E-state index contributed by atoms with van der Waals surface area (Å²) in [6.45, 7) is 0. The average molecular weight is 554 g/mol. The van der Waals surface area contributed by atoms with Crippen molar-refractivity contribution < 1.29 is 28.5 Å². The Morgan fingerprint density at radius 2 is 1.33 bits per heavy atom. The van der Waals surface area contributed by atoms with E-state index >= 15 is 0 Å². The summed E-state index contributed by atoms with van der Waals surface area (Å²) in [5, 5.41) is 3.15. The van der Waals surface area contributed by atoms with Gasteiger partial charge in [0, 0.05) is 12.3 Å². The van der Waals surface area contributed by atoms with E-state index in [-0.39, 0.29) is 5.78 Å². The van der Waals surface area contributed by atoms with E-state index in [4.69, 9.17) is 23.7 Å². The van der Waals surface area contributed by atoms with Crippen LogP contribution >= 0.6 is 15.9 Å². The lowest BCUT2D eigenvalue weighted by atomic mass is 10.1. The maximum atomic E-state index is 12.6. The summed E-state index contributed by atoms with van der Waals surface area (Å²) >= 11 is 3.56. The molecule has 188 valence electrons. The van der Waals surface area contributed by atoms with E-state index in [2.05, 4.69) is 21.2 Å². The third kappa shape index (κ3) is 6.20. The van der Waals surface area contributed by atoms with Gasteiger partial charge in [-0.2, -0.15) is 0 Å². The molecule has 0 aliphatic carbocycles. The van der Waals surface area contributed by atoms with Crippen molar-refractivity contribution in [3.8, 4) is 28.7 Å². The molecule has 36 heavy (non-hydrogen) atoms. The Kier molecular flexibility index (Phi) is 9.41. The molecule has 3 aromatic carbocycles. The first-order valence-electron chi connectivity index (χ1n) is 10.9. The van der Waals surface area contributed by atoms with E-state index in [1.54, 1.807) is 52.8 Å². The van der Waals surface area contributed by atoms with Crippen LogP contribution in [0.1, 0.15) is 21.5 Å². The lowest BCUT2D eigenvalue weighted by molar-refractivity contribution is 0.104. The number of rotatable bonds is 11. The number of carbonyl (C=O) groups is 1. The minimum atomic E-state index is -0.184. The van der Waals surface area contributed by atoms with E-state index in [0.717, 1.165) is 15.6 Å². The Balaban J connectivity index is 1.86. The lowest BCUT2D eigenvalue weighted by Crippen LogP contribution is -2.00. The van der Waals surface area contributed by atoms with Crippen LogP contribution in [0.25, 0.3) is 12.2 Å². The minimum Gasteiger partial charge on any atom is -0.496 e. The lowest BCUT2D eigenvalue weighted by Gasteiger charge is -2.13. The molecule has 0 heterocycles. The number of carbonyl (C=O) groups excluding carboxylic acids is 1. The van der Waals surface area contributed by atoms with Crippen LogP contribution in [0.5, 0.6) is 28.7 Å². The summed E-state index contributed by atoms with van der Waals surface area (Å²) in [5.74, 6) is 2.61. The number of anilines is 1. The molecule has 0 spiro atoms. The zero-order valence-corrected chi connectivity index (χ0v) is 22.3. The molecule has 3 aromatic rings. The molecule has 0 atom stereocenters. The first kappa shape index (κ1) is 26.7. The fraction of sp³-hybridized carbons (Fsp3) is 0.179. The highest BCUT2D eigenvalue weighted by atomic mass is 79.9. The summed E-state index contributed by atoms with van der Waals surface area (Å²) in [7, 11) is 7.84. The Bertz CT molecular complexity index is 1260. The molecule has 0 saturated carbocycles. The van der Waals surface area contributed by atoms with E-state index in [1.165, 1.54) is 13.2 Å². The number of nitrogens with one attached hydrogen (secondary N) is 1. The van der Waals surface area contributed by atoms with Crippen molar-refractivity contribution in [2.24, 2.45) is 0 Å². The van der Waals surface area contributed by atoms with Crippen molar-refractivity contribution >= 4 is 39.6 Å². The van der Waals surface area contributed by atoms with Crippen molar-refractivity contribution in [1.29, 1.82) is 0 Å². The van der Waals surface area contributed by atoms with E-state index in [1.807, 2.05) is 42.5 Å². The highest BCUT2D eigenvalue weighted by molar-refractivity contribution is 9.10. The van der Waals surface area contributed by atoms with Gasteiger partial charge in [0.25, 0.3) is 0 Å². The second kappa shape index (κ2) is 12.7. The number of halogens is 1. The maximum absolute atomic E-state index is 12.6. The predicted octanol–water partition coefficient (Wildman–Crippen LogP) is 6.47. The molecule has 0 aliphatic heterocycles. The summed E-state index contributed by atoms with van der Waals surface area (Å²) in [6, 6.07) is 14.6. The number of allylic oxidation sites excluding steroid dienone is 1. The Morgan fingerprint density at radius 3 is 1.92 bits per heavy atom. The van der Waals surface area contributed by atoms with Gasteiger partial charge in [0.05, 0.1) is 51.3 Å². The highest BCUT2D eigenvalue weighted by Crippen LogP contribution is 2.39. The minimum absolute atomic E-state index is 0.184. The van der Waals surface area contributed by atoms with Crippen LogP contribution in [0.4, 0.5) is 5.69 Å². The normalized spacial score (nSPS) is 10.9. The Labute approximate surface area is 219 Å². The molecule has 0 bridgehead atoms. The zero-order chi connectivity index (χ0) is 26.1. The van der Waals surface area contributed by atoms with Gasteiger partial charge in [-0.15, -0.1) is 0 Å². The SMILES string of the molecule is COc1ccccc1C(=O)C=CNc1cc(C=Cc2cc(OC)c(OC)c(OC)c2)cc(Br)c1OC. The first-order chi connectivity index (χ1) is 17.4. The molecule has 3 rings (SSSR count). The molecular formula is C28H28BrNO6. The number of para-hydroxylation sites is 1. The van der Waals surface area contributed by atoms with Gasteiger partial charge in [0.2, 0.25) is 5.75 Å². The van der Waals surface area contributed by atoms with Crippen LogP contribution in [-0.4, -0.2) is 41.3 Å². The van der Waals surface area contributed by atoms with Crippen LogP contribution in [0.3, 0.4) is 0 Å². The van der Waals surface area contributed by atoms with Gasteiger partial charge >= 0.3 is 0 Å². The molecule has 8 heteroatoms. The van der Waals surface area contributed by atoms with Crippen LogP contribution in [0, 0.1) is 0 Å². The Morgan fingerprint density at radius 1 is 0.750 bits per heavy atom. The van der Waals surface area contributed by atoms with Crippen LogP contribution in [-0.2, 0) is 0 Å².